The first-order valence-corrected chi connectivity index (χ1v) is 13.0. The van der Waals surface area contributed by atoms with Gasteiger partial charge >= 0.3 is 17.9 Å². The molecule has 1 aliphatic carbocycles. The minimum Gasteiger partial charge on any atom is -0.463 e. The molecule has 0 radical (unpaired) electrons. The van der Waals surface area contributed by atoms with Crippen LogP contribution >= 0.6 is 0 Å². The van der Waals surface area contributed by atoms with Crippen LogP contribution in [0, 0.1) is 17.5 Å². The number of carbonyl (C=O) groups excluding carboxylic acids is 3. The fraction of sp³-hybridized carbons (Fsp3) is 0.577. The Balaban J connectivity index is 1.77. The standard InChI is InChI=1S/C26H28F5N3O8/c1-12(35)38-11-20-23(39-13(2)36)22(34-10-19(32-33-34)15-7-17(27)21(29)18(28)8-15)24(40-14(3)37)25(42-20)41-16-5-4-6-26(30,31)9-16/h7-8,10,16,20,22-25H,4-6,9,11H2,1-3H3/t16?,20-,22+,23+,24-,25+/m0/s1. The first kappa shape index (κ1) is 31.3. The van der Waals surface area contributed by atoms with Crippen molar-refractivity contribution in [2.75, 3.05) is 6.61 Å². The summed E-state index contributed by atoms with van der Waals surface area (Å²) >= 11 is 0. The Morgan fingerprint density at radius 3 is 2.26 bits per heavy atom. The molecule has 1 aromatic heterocycles. The molecule has 1 saturated heterocycles. The number of halogens is 5. The molecule has 2 aromatic rings. The lowest BCUT2D eigenvalue weighted by atomic mass is 9.93. The van der Waals surface area contributed by atoms with Crippen molar-refractivity contribution in [3.8, 4) is 11.3 Å². The largest absolute Gasteiger partial charge is 0.463 e. The fourth-order valence-electron chi connectivity index (χ4n) is 4.98. The molecular formula is C26H28F5N3O8. The first-order valence-electron chi connectivity index (χ1n) is 13.0. The third-order valence-corrected chi connectivity index (χ3v) is 6.69. The maximum Gasteiger partial charge on any atom is 0.303 e. The number of esters is 3. The number of ether oxygens (including phenoxy) is 5. The van der Waals surface area contributed by atoms with Crippen LogP contribution in [0.2, 0.25) is 0 Å². The molecule has 11 nitrogen and oxygen atoms in total. The van der Waals surface area contributed by atoms with E-state index in [1.165, 1.54) is 0 Å². The van der Waals surface area contributed by atoms with Crippen molar-refractivity contribution in [2.45, 2.75) is 89.1 Å². The number of aromatic nitrogens is 3. The molecule has 42 heavy (non-hydrogen) atoms. The van der Waals surface area contributed by atoms with Crippen LogP contribution in [0.1, 0.15) is 52.5 Å². The Morgan fingerprint density at radius 2 is 1.67 bits per heavy atom. The maximum atomic E-state index is 14.2. The van der Waals surface area contributed by atoms with E-state index < -0.39 is 91.1 Å². The summed E-state index contributed by atoms with van der Waals surface area (Å²) in [5.41, 5.74) is -0.352. The normalized spacial score (nSPS) is 27.2. The lowest BCUT2D eigenvalue weighted by Gasteiger charge is -2.45. The molecule has 0 amide bonds. The number of nitrogens with zero attached hydrogens (tertiary/aromatic N) is 3. The van der Waals surface area contributed by atoms with Gasteiger partial charge in [-0.2, -0.15) is 0 Å². The number of benzene rings is 1. The zero-order valence-corrected chi connectivity index (χ0v) is 22.7. The second-order valence-electron chi connectivity index (χ2n) is 10.0. The van der Waals surface area contributed by atoms with Gasteiger partial charge in [0.2, 0.25) is 0 Å². The van der Waals surface area contributed by atoms with Crippen LogP contribution in [0.25, 0.3) is 11.3 Å². The van der Waals surface area contributed by atoms with Crippen molar-refractivity contribution >= 4 is 17.9 Å². The van der Waals surface area contributed by atoms with Crippen molar-refractivity contribution in [2.24, 2.45) is 0 Å². The monoisotopic (exact) mass is 605 g/mol. The van der Waals surface area contributed by atoms with Gasteiger partial charge in [-0.15, -0.1) is 5.10 Å². The van der Waals surface area contributed by atoms with Crippen LogP contribution in [-0.2, 0) is 38.1 Å². The van der Waals surface area contributed by atoms with Gasteiger partial charge in [0, 0.05) is 39.2 Å². The van der Waals surface area contributed by atoms with Crippen molar-refractivity contribution < 1.29 is 60.0 Å². The summed E-state index contributed by atoms with van der Waals surface area (Å²) in [5.74, 6) is -10.1. The topological polar surface area (TPSA) is 128 Å². The molecule has 1 saturated carbocycles. The molecule has 0 bridgehead atoms. The summed E-state index contributed by atoms with van der Waals surface area (Å²) in [7, 11) is 0. The van der Waals surface area contributed by atoms with Crippen molar-refractivity contribution in [3.63, 3.8) is 0 Å². The van der Waals surface area contributed by atoms with Gasteiger partial charge in [0.05, 0.1) is 12.3 Å². The van der Waals surface area contributed by atoms with E-state index in [0.29, 0.717) is 12.1 Å². The quantitative estimate of drug-likeness (QED) is 0.190. The zero-order chi connectivity index (χ0) is 30.8. The van der Waals surface area contributed by atoms with E-state index in [9.17, 15) is 36.3 Å². The highest BCUT2D eigenvalue weighted by Gasteiger charge is 2.53. The van der Waals surface area contributed by atoms with Crippen molar-refractivity contribution in [1.82, 2.24) is 15.0 Å². The Labute approximate surface area is 236 Å². The highest BCUT2D eigenvalue weighted by molar-refractivity contribution is 5.67. The number of hydrogen-bond acceptors (Lipinski definition) is 10. The van der Waals surface area contributed by atoms with Crippen LogP contribution in [0.3, 0.4) is 0 Å². The molecule has 6 atom stereocenters. The second-order valence-corrected chi connectivity index (χ2v) is 10.0. The molecular weight excluding hydrogens is 577 g/mol. The summed E-state index contributed by atoms with van der Waals surface area (Å²) in [5, 5.41) is 7.82. The van der Waals surface area contributed by atoms with Crippen LogP contribution < -0.4 is 0 Å². The average molecular weight is 606 g/mol. The van der Waals surface area contributed by atoms with E-state index >= 15 is 0 Å². The number of alkyl halides is 2. The Kier molecular flexibility index (Phi) is 9.45. The van der Waals surface area contributed by atoms with E-state index in [-0.39, 0.29) is 30.5 Å². The van der Waals surface area contributed by atoms with E-state index in [0.717, 1.165) is 31.6 Å². The smallest absolute Gasteiger partial charge is 0.303 e. The minimum atomic E-state index is -3.01. The van der Waals surface area contributed by atoms with Gasteiger partial charge in [0.15, 0.2) is 35.9 Å². The Bertz CT molecular complexity index is 1300. The van der Waals surface area contributed by atoms with Crippen LogP contribution in [0.5, 0.6) is 0 Å². The van der Waals surface area contributed by atoms with Crippen molar-refractivity contribution in [3.05, 3.63) is 35.8 Å². The third kappa shape index (κ3) is 7.40. The summed E-state index contributed by atoms with van der Waals surface area (Å²) in [6.07, 6.45) is -6.15. The first-order chi connectivity index (χ1) is 19.7. The van der Waals surface area contributed by atoms with Gasteiger partial charge in [0.1, 0.15) is 24.4 Å². The molecule has 4 rings (SSSR count). The molecule has 16 heteroatoms. The van der Waals surface area contributed by atoms with Crippen LogP contribution in [0.15, 0.2) is 18.3 Å². The molecule has 230 valence electrons. The van der Waals surface area contributed by atoms with E-state index in [4.69, 9.17) is 23.7 Å². The average Bonchev–Trinajstić information content (AvgIpc) is 3.36. The lowest BCUT2D eigenvalue weighted by Crippen LogP contribution is -2.60. The van der Waals surface area contributed by atoms with Gasteiger partial charge in [-0.05, 0) is 25.0 Å². The summed E-state index contributed by atoms with van der Waals surface area (Å²) in [6, 6.07) is 0.0306. The van der Waals surface area contributed by atoms with Crippen molar-refractivity contribution in [1.29, 1.82) is 0 Å². The molecule has 0 N–H and O–H groups in total. The van der Waals surface area contributed by atoms with E-state index in [1.54, 1.807) is 0 Å². The maximum absolute atomic E-state index is 14.2. The molecule has 1 unspecified atom stereocenters. The highest BCUT2D eigenvalue weighted by Crippen LogP contribution is 2.40. The Hall–Kier alpha value is -3.66. The van der Waals surface area contributed by atoms with Crippen LogP contribution in [0.4, 0.5) is 22.0 Å². The molecule has 2 fully saturated rings. The molecule has 1 aliphatic heterocycles. The number of hydrogen-bond donors (Lipinski definition) is 0. The Morgan fingerprint density at radius 1 is 1.02 bits per heavy atom. The van der Waals surface area contributed by atoms with Gasteiger partial charge in [-0.25, -0.2) is 26.6 Å². The molecule has 2 heterocycles. The third-order valence-electron chi connectivity index (χ3n) is 6.69. The number of carbonyl (C=O) groups is 3. The van der Waals surface area contributed by atoms with E-state index in [2.05, 4.69) is 10.3 Å². The summed E-state index contributed by atoms with van der Waals surface area (Å²) in [6.45, 7) is 2.76. The highest BCUT2D eigenvalue weighted by atomic mass is 19.3. The van der Waals surface area contributed by atoms with Gasteiger partial charge < -0.3 is 23.7 Å². The lowest BCUT2D eigenvalue weighted by molar-refractivity contribution is -0.309. The molecule has 1 aromatic carbocycles. The zero-order valence-electron chi connectivity index (χ0n) is 22.7. The number of rotatable bonds is 8. The molecule has 0 spiro atoms. The second kappa shape index (κ2) is 12.7. The predicted molar refractivity (Wildman–Crippen MR) is 129 cm³/mol. The minimum absolute atomic E-state index is 0.149. The van der Waals surface area contributed by atoms with Gasteiger partial charge in [0.25, 0.3) is 5.92 Å². The van der Waals surface area contributed by atoms with Gasteiger partial charge in [-0.3, -0.25) is 14.4 Å². The van der Waals surface area contributed by atoms with Gasteiger partial charge in [-0.1, -0.05) is 5.21 Å². The summed E-state index contributed by atoms with van der Waals surface area (Å²) in [4.78, 5) is 35.9. The van der Waals surface area contributed by atoms with Crippen LogP contribution in [-0.4, -0.2) is 76.1 Å². The summed E-state index contributed by atoms with van der Waals surface area (Å²) < 4.78 is 98.6. The predicted octanol–water partition coefficient (Wildman–Crippen LogP) is 3.65. The van der Waals surface area contributed by atoms with E-state index in [1.807, 2.05) is 0 Å². The SMILES string of the molecule is CC(=O)OC[C@@H]1O[C@@H](OC2CCCC(F)(F)C2)[C@@H](OC(C)=O)[C@H](n2cc(-c3cc(F)c(F)c(F)c3)nn2)[C@@H]1OC(C)=O. The fourth-order valence-corrected chi connectivity index (χ4v) is 4.98. The molecule has 2 aliphatic rings.